The summed E-state index contributed by atoms with van der Waals surface area (Å²) in [7, 11) is 0. The van der Waals surface area contributed by atoms with Crippen LogP contribution in [0.15, 0.2) is 34.7 Å². The fraction of sp³-hybridized carbons (Fsp3) is 0.333. The van der Waals surface area contributed by atoms with E-state index in [9.17, 15) is 15.0 Å². The second-order valence-corrected chi connectivity index (χ2v) is 6.40. The minimum atomic E-state index is -1.33. The van der Waals surface area contributed by atoms with E-state index in [4.69, 9.17) is 19.6 Å². The summed E-state index contributed by atoms with van der Waals surface area (Å²) >= 11 is 0. The number of aryl methyl sites for hydroxylation is 1. The van der Waals surface area contributed by atoms with Gasteiger partial charge in [-0.05, 0) is 19.1 Å². The summed E-state index contributed by atoms with van der Waals surface area (Å²) < 4.78 is 16.3. The number of hydrogen-bond acceptors (Lipinski definition) is 10. The van der Waals surface area contributed by atoms with Crippen LogP contribution in [0.5, 0.6) is 0 Å². The van der Waals surface area contributed by atoms with Gasteiger partial charge < -0.3 is 29.8 Å². The van der Waals surface area contributed by atoms with Crippen LogP contribution >= 0.6 is 0 Å². The molecule has 0 unspecified atom stereocenters. The van der Waals surface area contributed by atoms with Gasteiger partial charge in [0.25, 0.3) is 5.71 Å². The van der Waals surface area contributed by atoms with Gasteiger partial charge in [-0.3, -0.25) is 0 Å². The average Bonchev–Trinajstić information content (AvgIpc) is 3.22. The Labute approximate surface area is 158 Å². The number of hydrogen-bond donors (Lipinski definition) is 3. The molecule has 28 heavy (non-hydrogen) atoms. The molecular formula is C18H18N4O6. The van der Waals surface area contributed by atoms with Crippen molar-refractivity contribution in [1.29, 1.82) is 0 Å². The van der Waals surface area contributed by atoms with Crippen molar-refractivity contribution < 1.29 is 28.9 Å². The number of anilines is 1. The van der Waals surface area contributed by atoms with Gasteiger partial charge in [0.05, 0.1) is 5.56 Å². The summed E-state index contributed by atoms with van der Waals surface area (Å²) in [6.45, 7) is 1.41. The second kappa shape index (κ2) is 7.15. The highest BCUT2D eigenvalue weighted by molar-refractivity contribution is 5.89. The third kappa shape index (κ3) is 3.28. The molecule has 1 aliphatic heterocycles. The molecule has 2 aromatic heterocycles. The molecule has 3 heterocycles. The van der Waals surface area contributed by atoms with Crippen molar-refractivity contribution in [1.82, 2.24) is 15.0 Å². The van der Waals surface area contributed by atoms with Gasteiger partial charge in [-0.15, -0.1) is 0 Å². The van der Waals surface area contributed by atoms with Gasteiger partial charge in [0.2, 0.25) is 5.89 Å². The van der Waals surface area contributed by atoms with E-state index in [2.05, 4.69) is 15.0 Å². The number of nitrogens with two attached hydrogens (primary N) is 1. The van der Waals surface area contributed by atoms with Crippen LogP contribution in [0, 0.1) is 6.92 Å². The molecule has 1 aromatic carbocycles. The monoisotopic (exact) mass is 386 g/mol. The van der Waals surface area contributed by atoms with Crippen LogP contribution in [0.1, 0.15) is 28.2 Å². The Morgan fingerprint density at radius 3 is 2.68 bits per heavy atom. The first-order chi connectivity index (χ1) is 13.4. The summed E-state index contributed by atoms with van der Waals surface area (Å²) in [6.07, 6.45) is -4.64. The first-order valence-electron chi connectivity index (χ1n) is 8.58. The quantitative estimate of drug-likeness (QED) is 0.541. The smallest absolute Gasteiger partial charge is 0.338 e. The number of nitrogens with zero attached hydrogens (tertiary/aromatic N) is 3. The summed E-state index contributed by atoms with van der Waals surface area (Å²) in [4.78, 5) is 24.3. The number of fused-ring (bicyclic) bond motifs is 1. The van der Waals surface area contributed by atoms with Crippen LogP contribution in [0.4, 0.5) is 5.82 Å². The van der Waals surface area contributed by atoms with E-state index in [0.717, 1.165) is 0 Å². The van der Waals surface area contributed by atoms with E-state index >= 15 is 0 Å². The predicted octanol–water partition coefficient (Wildman–Crippen LogP) is 0.527. The maximum atomic E-state index is 12.0. The number of oxazole rings is 1. The molecule has 1 fully saturated rings. The van der Waals surface area contributed by atoms with Crippen LogP contribution in [-0.2, 0) is 9.47 Å². The third-order valence-corrected chi connectivity index (χ3v) is 4.41. The van der Waals surface area contributed by atoms with Crippen LogP contribution in [0.3, 0.4) is 0 Å². The first kappa shape index (κ1) is 18.3. The highest BCUT2D eigenvalue weighted by Crippen LogP contribution is 2.35. The summed E-state index contributed by atoms with van der Waals surface area (Å²) in [5.74, 6) is -0.00929. The van der Waals surface area contributed by atoms with E-state index in [1.807, 2.05) is 0 Å². The Morgan fingerprint density at radius 1 is 1.18 bits per heavy atom. The van der Waals surface area contributed by atoms with Gasteiger partial charge in [0.15, 0.2) is 17.4 Å². The topological polar surface area (TPSA) is 154 Å². The Morgan fingerprint density at radius 2 is 1.93 bits per heavy atom. The van der Waals surface area contributed by atoms with Gasteiger partial charge >= 0.3 is 5.97 Å². The SMILES string of the molecule is Cc1nc(N)c2nc([C@@H]3O[C@H](COC(=O)c4ccccc4)[C@@H](O)[C@H]3O)oc2n1. The number of carbonyl (C=O) groups excluding carboxylic acids is 1. The average molecular weight is 386 g/mol. The van der Waals surface area contributed by atoms with E-state index < -0.39 is 30.4 Å². The molecule has 0 aliphatic carbocycles. The van der Waals surface area contributed by atoms with Gasteiger partial charge in [0.1, 0.15) is 30.7 Å². The van der Waals surface area contributed by atoms with Gasteiger partial charge in [0, 0.05) is 0 Å². The normalized spacial score (nSPS) is 24.5. The maximum Gasteiger partial charge on any atom is 0.338 e. The highest BCUT2D eigenvalue weighted by Gasteiger charge is 2.46. The molecule has 10 nitrogen and oxygen atoms in total. The standard InChI is InChI=1S/C18H18N4O6/c1-8-20-15(19)11-16(21-8)28-17(22-11)14-13(24)12(23)10(27-14)7-26-18(25)9-5-3-2-4-6-9/h2-6,10,12-14,23-24H,7H2,1H3,(H2,19,20,21)/t10-,12-,13-,14-/m1/s1. The van der Waals surface area contributed by atoms with Crippen molar-refractivity contribution in [3.63, 3.8) is 0 Å². The number of rotatable bonds is 4. The Hall–Kier alpha value is -3.08. The minimum absolute atomic E-state index is 0.00466. The molecule has 1 saturated heterocycles. The number of aromatic nitrogens is 3. The number of ether oxygens (including phenoxy) is 2. The summed E-state index contributed by atoms with van der Waals surface area (Å²) in [5.41, 5.74) is 6.58. The summed E-state index contributed by atoms with van der Waals surface area (Å²) in [6, 6.07) is 8.41. The maximum absolute atomic E-state index is 12.0. The number of carbonyl (C=O) groups is 1. The number of aliphatic hydroxyl groups is 2. The lowest BCUT2D eigenvalue weighted by Crippen LogP contribution is -2.34. The molecule has 1 aliphatic rings. The number of benzene rings is 1. The molecule has 146 valence electrons. The molecule has 4 atom stereocenters. The zero-order chi connectivity index (χ0) is 19.8. The fourth-order valence-corrected chi connectivity index (χ4v) is 3.00. The first-order valence-corrected chi connectivity index (χ1v) is 8.58. The Balaban J connectivity index is 1.49. The third-order valence-electron chi connectivity index (χ3n) is 4.41. The van der Waals surface area contributed by atoms with Gasteiger partial charge in [-0.2, -0.15) is 4.98 Å². The fourth-order valence-electron chi connectivity index (χ4n) is 3.00. The van der Waals surface area contributed by atoms with Crippen molar-refractivity contribution in [3.05, 3.63) is 47.6 Å². The largest absolute Gasteiger partial charge is 0.459 e. The number of esters is 1. The Kier molecular flexibility index (Phi) is 4.67. The lowest BCUT2D eigenvalue weighted by Gasteiger charge is -2.14. The van der Waals surface area contributed by atoms with Crippen molar-refractivity contribution in [2.45, 2.75) is 31.3 Å². The second-order valence-electron chi connectivity index (χ2n) is 6.40. The molecule has 0 spiro atoms. The van der Waals surface area contributed by atoms with Crippen molar-refractivity contribution in [2.24, 2.45) is 0 Å². The van der Waals surface area contributed by atoms with Crippen molar-refractivity contribution in [3.8, 4) is 0 Å². The lowest BCUT2D eigenvalue weighted by atomic mass is 10.1. The van der Waals surface area contributed by atoms with Crippen molar-refractivity contribution in [2.75, 3.05) is 12.3 Å². The van der Waals surface area contributed by atoms with Crippen LogP contribution in [0.25, 0.3) is 11.2 Å². The van der Waals surface area contributed by atoms with Crippen molar-refractivity contribution >= 4 is 23.0 Å². The summed E-state index contributed by atoms with van der Waals surface area (Å²) in [5, 5.41) is 20.6. The number of nitrogen functional groups attached to an aromatic ring is 1. The molecule has 3 aromatic rings. The zero-order valence-corrected chi connectivity index (χ0v) is 14.8. The molecule has 0 saturated carbocycles. The van der Waals surface area contributed by atoms with Crippen LogP contribution in [-0.4, -0.2) is 56.1 Å². The van der Waals surface area contributed by atoms with E-state index in [0.29, 0.717) is 11.4 Å². The highest BCUT2D eigenvalue weighted by atomic mass is 16.6. The van der Waals surface area contributed by atoms with Crippen LogP contribution in [0.2, 0.25) is 0 Å². The van der Waals surface area contributed by atoms with E-state index in [-0.39, 0.29) is 29.5 Å². The molecular weight excluding hydrogens is 368 g/mol. The number of aliphatic hydroxyl groups excluding tert-OH is 2. The van der Waals surface area contributed by atoms with E-state index in [1.165, 1.54) is 0 Å². The molecule has 4 rings (SSSR count). The minimum Gasteiger partial charge on any atom is -0.459 e. The molecule has 0 radical (unpaired) electrons. The zero-order valence-electron chi connectivity index (χ0n) is 14.8. The molecule has 4 N–H and O–H groups in total. The van der Waals surface area contributed by atoms with Gasteiger partial charge in [-0.25, -0.2) is 14.8 Å². The molecule has 0 amide bonds. The predicted molar refractivity (Wildman–Crippen MR) is 95.1 cm³/mol. The lowest BCUT2D eigenvalue weighted by molar-refractivity contribution is -0.0397. The molecule has 0 bridgehead atoms. The van der Waals surface area contributed by atoms with Crippen LogP contribution < -0.4 is 5.73 Å². The molecule has 10 heteroatoms. The van der Waals surface area contributed by atoms with E-state index in [1.54, 1.807) is 37.3 Å². The Bertz CT molecular complexity index is 1010. The van der Waals surface area contributed by atoms with Gasteiger partial charge in [-0.1, -0.05) is 18.2 Å².